The van der Waals surface area contributed by atoms with E-state index in [0.717, 1.165) is 6.54 Å². The van der Waals surface area contributed by atoms with Crippen molar-refractivity contribution in [2.24, 2.45) is 0 Å². The summed E-state index contributed by atoms with van der Waals surface area (Å²) in [6.45, 7) is 4.06. The van der Waals surface area contributed by atoms with Crippen LogP contribution in [0.3, 0.4) is 0 Å². The molecule has 7 heteroatoms. The molecule has 2 saturated heterocycles. The Labute approximate surface area is 146 Å². The SMILES string of the molecule is O=C(Cc1ccccc1F)N1CCN(C(=O)CC2COCCN2)CC1. The van der Waals surface area contributed by atoms with Gasteiger partial charge in [0.2, 0.25) is 11.8 Å². The molecule has 2 heterocycles. The van der Waals surface area contributed by atoms with Crippen molar-refractivity contribution in [3.63, 3.8) is 0 Å². The first-order chi connectivity index (χ1) is 12.1. The van der Waals surface area contributed by atoms with E-state index >= 15 is 0 Å². The van der Waals surface area contributed by atoms with Gasteiger partial charge in [0.25, 0.3) is 0 Å². The molecule has 2 amide bonds. The summed E-state index contributed by atoms with van der Waals surface area (Å²) < 4.78 is 19.0. The molecule has 0 aliphatic carbocycles. The predicted octanol–water partition coefficient (Wildman–Crippen LogP) is 0.418. The monoisotopic (exact) mass is 349 g/mol. The number of ether oxygens (including phenoxy) is 1. The Morgan fingerprint density at radius 3 is 2.44 bits per heavy atom. The van der Waals surface area contributed by atoms with E-state index in [1.807, 2.05) is 0 Å². The minimum Gasteiger partial charge on any atom is -0.378 e. The molecule has 1 aromatic rings. The van der Waals surface area contributed by atoms with Gasteiger partial charge in [0.1, 0.15) is 5.82 Å². The first kappa shape index (κ1) is 17.8. The lowest BCUT2D eigenvalue weighted by Gasteiger charge is -2.36. The number of rotatable bonds is 4. The van der Waals surface area contributed by atoms with Crippen LogP contribution in [-0.2, 0) is 20.7 Å². The number of amides is 2. The predicted molar refractivity (Wildman–Crippen MR) is 90.5 cm³/mol. The summed E-state index contributed by atoms with van der Waals surface area (Å²) in [4.78, 5) is 28.2. The van der Waals surface area contributed by atoms with E-state index in [2.05, 4.69) is 5.32 Å². The number of nitrogens with zero attached hydrogens (tertiary/aromatic N) is 2. The molecule has 2 fully saturated rings. The molecule has 1 atom stereocenters. The van der Waals surface area contributed by atoms with E-state index in [0.29, 0.717) is 51.4 Å². The average Bonchev–Trinajstić information content (AvgIpc) is 2.64. The van der Waals surface area contributed by atoms with Crippen LogP contribution in [-0.4, -0.2) is 73.6 Å². The highest BCUT2D eigenvalue weighted by Gasteiger charge is 2.26. The van der Waals surface area contributed by atoms with E-state index in [-0.39, 0.29) is 30.1 Å². The number of hydrogen-bond acceptors (Lipinski definition) is 4. The van der Waals surface area contributed by atoms with Gasteiger partial charge in [-0.15, -0.1) is 0 Å². The average molecular weight is 349 g/mol. The van der Waals surface area contributed by atoms with E-state index < -0.39 is 0 Å². The molecule has 1 N–H and O–H groups in total. The second-order valence-electron chi connectivity index (χ2n) is 6.46. The van der Waals surface area contributed by atoms with Gasteiger partial charge in [0, 0.05) is 45.2 Å². The zero-order chi connectivity index (χ0) is 17.6. The second-order valence-corrected chi connectivity index (χ2v) is 6.46. The fourth-order valence-corrected chi connectivity index (χ4v) is 3.21. The molecule has 1 aromatic carbocycles. The lowest BCUT2D eigenvalue weighted by molar-refractivity contribution is -0.139. The van der Waals surface area contributed by atoms with Gasteiger partial charge in [-0.1, -0.05) is 18.2 Å². The first-order valence-electron chi connectivity index (χ1n) is 8.73. The maximum absolute atomic E-state index is 13.7. The summed E-state index contributed by atoms with van der Waals surface area (Å²) in [7, 11) is 0. The summed E-state index contributed by atoms with van der Waals surface area (Å²) in [5.74, 6) is -0.365. The van der Waals surface area contributed by atoms with Crippen molar-refractivity contribution in [1.82, 2.24) is 15.1 Å². The van der Waals surface area contributed by atoms with Crippen LogP contribution in [0.4, 0.5) is 4.39 Å². The summed E-state index contributed by atoms with van der Waals surface area (Å²) in [6.07, 6.45) is 0.479. The summed E-state index contributed by atoms with van der Waals surface area (Å²) in [6, 6.07) is 6.40. The van der Waals surface area contributed by atoms with Gasteiger partial charge in [-0.2, -0.15) is 0 Å². The van der Waals surface area contributed by atoms with Crippen LogP contribution in [0, 0.1) is 5.82 Å². The van der Waals surface area contributed by atoms with Crippen LogP contribution in [0.2, 0.25) is 0 Å². The Bertz CT molecular complexity index is 611. The minimum atomic E-state index is -0.355. The Morgan fingerprint density at radius 1 is 1.12 bits per heavy atom. The van der Waals surface area contributed by atoms with Gasteiger partial charge < -0.3 is 19.9 Å². The van der Waals surface area contributed by atoms with Crippen LogP contribution < -0.4 is 5.32 Å². The Kier molecular flexibility index (Phi) is 5.99. The third-order valence-corrected chi connectivity index (χ3v) is 4.70. The number of nitrogens with one attached hydrogen (secondary N) is 1. The molecule has 0 aromatic heterocycles. The highest BCUT2D eigenvalue weighted by atomic mass is 19.1. The van der Waals surface area contributed by atoms with Crippen molar-refractivity contribution in [2.45, 2.75) is 18.9 Å². The third-order valence-electron chi connectivity index (χ3n) is 4.70. The fourth-order valence-electron chi connectivity index (χ4n) is 3.21. The van der Waals surface area contributed by atoms with Gasteiger partial charge in [0.05, 0.1) is 19.6 Å². The molecular weight excluding hydrogens is 325 g/mol. The number of halogens is 1. The van der Waals surface area contributed by atoms with Crippen LogP contribution in [0.25, 0.3) is 0 Å². The molecule has 2 aliphatic heterocycles. The van der Waals surface area contributed by atoms with E-state index in [4.69, 9.17) is 4.74 Å². The normalized spacial score (nSPS) is 21.2. The zero-order valence-electron chi connectivity index (χ0n) is 14.2. The molecule has 136 valence electrons. The molecule has 2 aliphatic rings. The Hall–Kier alpha value is -1.99. The van der Waals surface area contributed by atoms with Crippen LogP contribution in [0.5, 0.6) is 0 Å². The fraction of sp³-hybridized carbons (Fsp3) is 0.556. The molecule has 0 saturated carbocycles. The van der Waals surface area contributed by atoms with E-state index in [9.17, 15) is 14.0 Å². The molecule has 3 rings (SSSR count). The number of carbonyl (C=O) groups excluding carboxylic acids is 2. The van der Waals surface area contributed by atoms with Gasteiger partial charge >= 0.3 is 0 Å². The molecule has 0 bridgehead atoms. The highest BCUT2D eigenvalue weighted by molar-refractivity contribution is 5.80. The molecule has 25 heavy (non-hydrogen) atoms. The van der Waals surface area contributed by atoms with Crippen LogP contribution in [0.1, 0.15) is 12.0 Å². The summed E-state index contributed by atoms with van der Waals surface area (Å²) >= 11 is 0. The van der Waals surface area contributed by atoms with Crippen molar-refractivity contribution in [3.05, 3.63) is 35.6 Å². The van der Waals surface area contributed by atoms with Crippen molar-refractivity contribution in [3.8, 4) is 0 Å². The lowest BCUT2D eigenvalue weighted by Crippen LogP contribution is -2.52. The Balaban J connectivity index is 1.45. The molecule has 1 unspecified atom stereocenters. The summed E-state index contributed by atoms with van der Waals surface area (Å²) in [5, 5.41) is 3.28. The first-order valence-corrected chi connectivity index (χ1v) is 8.73. The van der Waals surface area contributed by atoms with Crippen LogP contribution in [0.15, 0.2) is 24.3 Å². The van der Waals surface area contributed by atoms with Gasteiger partial charge in [0.15, 0.2) is 0 Å². The van der Waals surface area contributed by atoms with E-state index in [1.54, 1.807) is 28.0 Å². The lowest BCUT2D eigenvalue weighted by atomic mass is 10.1. The number of hydrogen-bond donors (Lipinski definition) is 1. The Morgan fingerprint density at radius 2 is 1.80 bits per heavy atom. The topological polar surface area (TPSA) is 61.9 Å². The van der Waals surface area contributed by atoms with Gasteiger partial charge in [-0.05, 0) is 11.6 Å². The van der Waals surface area contributed by atoms with E-state index in [1.165, 1.54) is 6.07 Å². The maximum atomic E-state index is 13.7. The third kappa shape index (κ3) is 4.76. The number of morpholine rings is 1. The standard InChI is InChI=1S/C18H24FN3O3/c19-16-4-2-1-3-14(16)11-17(23)21-6-8-22(9-7-21)18(24)12-15-13-25-10-5-20-15/h1-4,15,20H,5-13H2. The molecule has 0 spiro atoms. The van der Waals surface area contributed by atoms with Crippen molar-refractivity contribution in [1.29, 1.82) is 0 Å². The number of benzene rings is 1. The number of piperazine rings is 1. The number of carbonyl (C=O) groups is 2. The van der Waals surface area contributed by atoms with Crippen LogP contribution >= 0.6 is 0 Å². The smallest absolute Gasteiger partial charge is 0.227 e. The minimum absolute atomic E-state index is 0.0595. The molecule has 0 radical (unpaired) electrons. The highest BCUT2D eigenvalue weighted by Crippen LogP contribution is 2.12. The van der Waals surface area contributed by atoms with Gasteiger partial charge in [-0.3, -0.25) is 9.59 Å². The molecule has 6 nitrogen and oxygen atoms in total. The van der Waals surface area contributed by atoms with Crippen molar-refractivity contribution < 1.29 is 18.7 Å². The quantitative estimate of drug-likeness (QED) is 0.856. The summed E-state index contributed by atoms with van der Waals surface area (Å²) in [5.41, 5.74) is 0.411. The van der Waals surface area contributed by atoms with Gasteiger partial charge in [-0.25, -0.2) is 4.39 Å². The maximum Gasteiger partial charge on any atom is 0.227 e. The molecular formula is C18H24FN3O3. The largest absolute Gasteiger partial charge is 0.378 e. The zero-order valence-corrected chi connectivity index (χ0v) is 14.2. The second kappa shape index (κ2) is 8.40. The van der Waals surface area contributed by atoms with Crippen molar-refractivity contribution >= 4 is 11.8 Å². The van der Waals surface area contributed by atoms with Crippen molar-refractivity contribution in [2.75, 3.05) is 45.9 Å².